The molecule has 0 nitrogen and oxygen atoms in total. The first-order valence-electron chi connectivity index (χ1n) is 4.92. The Morgan fingerprint density at radius 1 is 1.00 bits per heavy atom. The van der Waals surface area contributed by atoms with E-state index in [1.165, 1.54) is 16.4 Å². The van der Waals surface area contributed by atoms with Crippen molar-refractivity contribution in [1.82, 2.24) is 0 Å². The van der Waals surface area contributed by atoms with Crippen molar-refractivity contribution in [3.05, 3.63) is 29.3 Å². The highest BCUT2D eigenvalue weighted by Crippen LogP contribution is 2.25. The van der Waals surface area contributed by atoms with Crippen molar-refractivity contribution in [3.63, 3.8) is 0 Å². The lowest BCUT2D eigenvalue weighted by molar-refractivity contribution is 0.795. The number of hydrogen-bond acceptors (Lipinski definition) is 0. The van der Waals surface area contributed by atoms with Gasteiger partial charge in [-0.25, -0.2) is 0 Å². The predicted octanol–water partition coefficient (Wildman–Crippen LogP) is 3.43. The molecule has 13 heavy (non-hydrogen) atoms. The van der Waals surface area contributed by atoms with Crippen LogP contribution in [0.4, 0.5) is 0 Å². The molecule has 1 heteroatoms. The minimum absolute atomic E-state index is 0.617. The summed E-state index contributed by atoms with van der Waals surface area (Å²) in [6.45, 7) is 9.03. The van der Waals surface area contributed by atoms with Crippen molar-refractivity contribution in [3.8, 4) is 0 Å². The van der Waals surface area contributed by atoms with Gasteiger partial charge in [0.15, 0.2) is 0 Å². The topological polar surface area (TPSA) is 0 Å². The van der Waals surface area contributed by atoms with Crippen LogP contribution < -0.4 is 5.30 Å². The quantitative estimate of drug-likeness (QED) is 0.633. The van der Waals surface area contributed by atoms with E-state index in [4.69, 9.17) is 0 Å². The van der Waals surface area contributed by atoms with Gasteiger partial charge in [0.05, 0.1) is 0 Å². The van der Waals surface area contributed by atoms with Gasteiger partial charge in [0.2, 0.25) is 0 Å². The molecule has 0 aromatic heterocycles. The fourth-order valence-electron chi connectivity index (χ4n) is 1.77. The SMILES string of the molecule is CC(C)c1cccc(P)c1C(C)C. The molecule has 0 aliphatic carbocycles. The van der Waals surface area contributed by atoms with Crippen LogP contribution >= 0.6 is 9.24 Å². The third-order valence-corrected chi connectivity index (χ3v) is 2.88. The maximum Gasteiger partial charge on any atom is -0.0210 e. The smallest absolute Gasteiger partial charge is 0.0210 e. The molecule has 1 aromatic rings. The van der Waals surface area contributed by atoms with Gasteiger partial charge in [0.25, 0.3) is 0 Å². The maximum atomic E-state index is 2.83. The van der Waals surface area contributed by atoms with E-state index in [9.17, 15) is 0 Å². The third kappa shape index (κ3) is 2.31. The number of benzene rings is 1. The van der Waals surface area contributed by atoms with E-state index in [1.54, 1.807) is 0 Å². The van der Waals surface area contributed by atoms with Crippen LogP contribution in [0.2, 0.25) is 0 Å². The first-order valence-corrected chi connectivity index (χ1v) is 5.50. The van der Waals surface area contributed by atoms with Crippen molar-refractivity contribution in [2.75, 3.05) is 0 Å². The van der Waals surface area contributed by atoms with E-state index in [2.05, 4.69) is 55.1 Å². The Morgan fingerprint density at radius 2 is 1.62 bits per heavy atom. The number of hydrogen-bond donors (Lipinski definition) is 0. The lowest BCUT2D eigenvalue weighted by Crippen LogP contribution is -2.09. The first kappa shape index (κ1) is 10.7. The zero-order valence-electron chi connectivity index (χ0n) is 8.96. The lowest BCUT2D eigenvalue weighted by atomic mass is 9.91. The molecule has 0 fully saturated rings. The molecule has 0 saturated carbocycles. The van der Waals surface area contributed by atoms with Crippen LogP contribution in [-0.4, -0.2) is 0 Å². The Hall–Kier alpha value is -0.350. The second kappa shape index (κ2) is 4.24. The van der Waals surface area contributed by atoms with Crippen LogP contribution in [0.25, 0.3) is 0 Å². The van der Waals surface area contributed by atoms with Gasteiger partial charge in [-0.1, -0.05) is 45.9 Å². The summed E-state index contributed by atoms with van der Waals surface area (Å²) in [5, 5.41) is 1.35. The van der Waals surface area contributed by atoms with Crippen LogP contribution in [-0.2, 0) is 0 Å². The summed E-state index contributed by atoms with van der Waals surface area (Å²) in [6, 6.07) is 6.56. The zero-order chi connectivity index (χ0) is 10.0. The van der Waals surface area contributed by atoms with Gasteiger partial charge in [-0.15, -0.1) is 9.24 Å². The van der Waals surface area contributed by atoms with Crippen LogP contribution in [0, 0.1) is 0 Å². The zero-order valence-corrected chi connectivity index (χ0v) is 10.1. The molecule has 0 radical (unpaired) electrons. The summed E-state index contributed by atoms with van der Waals surface area (Å²) in [5.41, 5.74) is 2.99. The second-order valence-corrected chi connectivity index (χ2v) is 4.78. The van der Waals surface area contributed by atoms with E-state index in [0.29, 0.717) is 11.8 Å². The van der Waals surface area contributed by atoms with Crippen molar-refractivity contribution >= 4 is 14.5 Å². The normalized spacial score (nSPS) is 11.3. The van der Waals surface area contributed by atoms with E-state index < -0.39 is 0 Å². The summed E-state index contributed by atoms with van der Waals surface area (Å²) in [5.74, 6) is 1.24. The maximum absolute atomic E-state index is 2.83. The summed E-state index contributed by atoms with van der Waals surface area (Å²) in [4.78, 5) is 0. The summed E-state index contributed by atoms with van der Waals surface area (Å²) in [7, 11) is 2.83. The van der Waals surface area contributed by atoms with Gasteiger partial charge in [-0.05, 0) is 28.3 Å². The van der Waals surface area contributed by atoms with Gasteiger partial charge >= 0.3 is 0 Å². The lowest BCUT2D eigenvalue weighted by Gasteiger charge is -2.18. The summed E-state index contributed by atoms with van der Waals surface area (Å²) in [6.07, 6.45) is 0. The molecule has 0 aliphatic rings. The van der Waals surface area contributed by atoms with Crippen molar-refractivity contribution in [2.45, 2.75) is 39.5 Å². The molecular weight excluding hydrogens is 175 g/mol. The van der Waals surface area contributed by atoms with Gasteiger partial charge in [0.1, 0.15) is 0 Å². The highest BCUT2D eigenvalue weighted by Gasteiger charge is 2.11. The molecule has 1 unspecified atom stereocenters. The predicted molar refractivity (Wildman–Crippen MR) is 64.0 cm³/mol. The van der Waals surface area contributed by atoms with Gasteiger partial charge in [-0.2, -0.15) is 0 Å². The average molecular weight is 194 g/mol. The monoisotopic (exact) mass is 194 g/mol. The molecule has 1 rings (SSSR count). The molecule has 0 saturated heterocycles. The van der Waals surface area contributed by atoms with Crippen LogP contribution in [0.3, 0.4) is 0 Å². The Morgan fingerprint density at radius 3 is 2.00 bits per heavy atom. The van der Waals surface area contributed by atoms with E-state index in [0.717, 1.165) is 0 Å². The number of rotatable bonds is 2. The van der Waals surface area contributed by atoms with Gasteiger partial charge < -0.3 is 0 Å². The van der Waals surface area contributed by atoms with Crippen LogP contribution in [0.1, 0.15) is 50.7 Å². The summed E-state index contributed by atoms with van der Waals surface area (Å²) >= 11 is 0. The van der Waals surface area contributed by atoms with Gasteiger partial charge in [0, 0.05) is 0 Å². The van der Waals surface area contributed by atoms with Crippen LogP contribution in [0.5, 0.6) is 0 Å². The third-order valence-electron chi connectivity index (χ3n) is 2.37. The molecule has 0 N–H and O–H groups in total. The fourth-order valence-corrected chi connectivity index (χ4v) is 2.38. The molecule has 0 amide bonds. The fraction of sp³-hybridized carbons (Fsp3) is 0.500. The highest BCUT2D eigenvalue weighted by molar-refractivity contribution is 7.27. The standard InChI is InChI=1S/C12H19P/c1-8(2)10-6-5-7-11(13)12(10)9(3)4/h5-9H,13H2,1-4H3. The minimum Gasteiger partial charge on any atom is -0.105 e. The highest BCUT2D eigenvalue weighted by atomic mass is 31.0. The van der Waals surface area contributed by atoms with E-state index in [-0.39, 0.29) is 0 Å². The summed E-state index contributed by atoms with van der Waals surface area (Å²) < 4.78 is 0. The molecule has 0 heterocycles. The molecule has 0 aliphatic heterocycles. The molecule has 72 valence electrons. The Labute approximate surface area is 84.0 Å². The van der Waals surface area contributed by atoms with Crippen molar-refractivity contribution < 1.29 is 0 Å². The molecule has 0 spiro atoms. The minimum atomic E-state index is 0.617. The van der Waals surface area contributed by atoms with E-state index in [1.807, 2.05) is 0 Å². The Kier molecular flexibility index (Phi) is 3.50. The van der Waals surface area contributed by atoms with Crippen molar-refractivity contribution in [2.24, 2.45) is 0 Å². The average Bonchev–Trinajstić information content (AvgIpc) is 2.02. The van der Waals surface area contributed by atoms with Gasteiger partial charge in [-0.3, -0.25) is 0 Å². The molecule has 1 aromatic carbocycles. The largest absolute Gasteiger partial charge is 0.105 e. The van der Waals surface area contributed by atoms with E-state index >= 15 is 0 Å². The molecular formula is C12H19P. The molecule has 1 atom stereocenters. The second-order valence-electron chi connectivity index (χ2n) is 4.16. The first-order chi connectivity index (χ1) is 6.04. The van der Waals surface area contributed by atoms with Crippen LogP contribution in [0.15, 0.2) is 18.2 Å². The molecule has 0 bridgehead atoms. The van der Waals surface area contributed by atoms with Crippen molar-refractivity contribution in [1.29, 1.82) is 0 Å². The Balaban J connectivity index is 3.26. The Bertz CT molecular complexity index is 287.